The van der Waals surface area contributed by atoms with Crippen molar-refractivity contribution in [2.75, 3.05) is 32.7 Å². The number of aryl methyl sites for hydroxylation is 1. The Morgan fingerprint density at radius 3 is 2.47 bits per heavy atom. The highest BCUT2D eigenvalue weighted by molar-refractivity contribution is 14.0. The van der Waals surface area contributed by atoms with Crippen LogP contribution in [0.5, 0.6) is 0 Å². The summed E-state index contributed by atoms with van der Waals surface area (Å²) >= 11 is 0. The van der Waals surface area contributed by atoms with Gasteiger partial charge in [-0.05, 0) is 64.4 Å². The van der Waals surface area contributed by atoms with Crippen LogP contribution in [0.4, 0.5) is 0 Å². The van der Waals surface area contributed by atoms with E-state index >= 15 is 0 Å². The molecule has 0 amide bonds. The molecule has 0 spiro atoms. The number of rotatable bonds is 8. The fourth-order valence-electron chi connectivity index (χ4n) is 3.75. The molecule has 1 aromatic heterocycles. The number of furan rings is 1. The van der Waals surface area contributed by atoms with E-state index in [4.69, 9.17) is 4.42 Å². The van der Waals surface area contributed by atoms with E-state index in [9.17, 15) is 5.11 Å². The second-order valence-corrected chi connectivity index (χ2v) is 7.92. The van der Waals surface area contributed by atoms with E-state index in [0.29, 0.717) is 12.5 Å². The maximum Gasteiger partial charge on any atom is 0.191 e. The molecule has 7 heteroatoms. The molecule has 0 radical (unpaired) electrons. The van der Waals surface area contributed by atoms with Gasteiger partial charge in [0.05, 0.1) is 12.6 Å². The van der Waals surface area contributed by atoms with Gasteiger partial charge in [-0.1, -0.05) is 30.3 Å². The summed E-state index contributed by atoms with van der Waals surface area (Å²) in [5, 5.41) is 17.6. The van der Waals surface area contributed by atoms with Crippen LogP contribution in [0.15, 0.2) is 51.9 Å². The third kappa shape index (κ3) is 6.72. The molecular weight excluding hydrogens is 491 g/mol. The van der Waals surface area contributed by atoms with Gasteiger partial charge in [-0.2, -0.15) is 0 Å². The third-order valence-corrected chi connectivity index (χ3v) is 5.42. The van der Waals surface area contributed by atoms with Crippen molar-refractivity contribution in [1.82, 2.24) is 15.5 Å². The highest BCUT2D eigenvalue weighted by Crippen LogP contribution is 2.26. The zero-order chi connectivity index (χ0) is 20.7. The minimum Gasteiger partial charge on any atom is -0.465 e. The summed E-state index contributed by atoms with van der Waals surface area (Å²) < 4.78 is 5.94. The number of nitrogens with one attached hydrogen (secondary N) is 2. The highest BCUT2D eigenvalue weighted by Gasteiger charge is 2.26. The fourth-order valence-corrected chi connectivity index (χ4v) is 3.75. The zero-order valence-electron chi connectivity index (χ0n) is 18.2. The lowest BCUT2D eigenvalue weighted by atomic mass is 9.96. The Bertz CT molecular complexity index is 786. The monoisotopic (exact) mass is 526 g/mol. The molecule has 3 rings (SSSR count). The molecule has 1 fully saturated rings. The number of nitrogens with zero attached hydrogens (tertiary/aromatic N) is 2. The van der Waals surface area contributed by atoms with Crippen LogP contribution in [0.25, 0.3) is 0 Å². The Hall–Kier alpha value is -1.58. The van der Waals surface area contributed by atoms with E-state index in [0.717, 1.165) is 36.7 Å². The van der Waals surface area contributed by atoms with E-state index < -0.39 is 5.60 Å². The summed E-state index contributed by atoms with van der Waals surface area (Å²) in [6, 6.07) is 13.9. The first kappa shape index (κ1) is 24.7. The zero-order valence-corrected chi connectivity index (χ0v) is 20.6. The topological polar surface area (TPSA) is 73.0 Å². The molecule has 1 aromatic carbocycles. The summed E-state index contributed by atoms with van der Waals surface area (Å²) in [6.45, 7) is 9.73. The first-order chi connectivity index (χ1) is 14.0. The molecule has 2 heterocycles. The van der Waals surface area contributed by atoms with Crippen LogP contribution in [0.3, 0.4) is 0 Å². The number of hydrogen-bond donors (Lipinski definition) is 3. The normalized spacial score (nSPS) is 17.8. The minimum atomic E-state index is -1.02. The molecule has 2 aromatic rings. The van der Waals surface area contributed by atoms with E-state index in [1.807, 2.05) is 50.2 Å². The molecule has 2 unspecified atom stereocenters. The van der Waals surface area contributed by atoms with Gasteiger partial charge in [0.25, 0.3) is 0 Å². The quantitative estimate of drug-likeness (QED) is 0.277. The van der Waals surface area contributed by atoms with Gasteiger partial charge >= 0.3 is 0 Å². The van der Waals surface area contributed by atoms with Crippen LogP contribution >= 0.6 is 24.0 Å². The Morgan fingerprint density at radius 1 is 1.17 bits per heavy atom. The van der Waals surface area contributed by atoms with Crippen molar-refractivity contribution < 1.29 is 9.52 Å². The molecule has 30 heavy (non-hydrogen) atoms. The largest absolute Gasteiger partial charge is 0.465 e. The molecule has 2 atom stereocenters. The maximum atomic E-state index is 10.8. The van der Waals surface area contributed by atoms with Crippen molar-refractivity contribution in [2.45, 2.75) is 45.3 Å². The summed E-state index contributed by atoms with van der Waals surface area (Å²) in [7, 11) is 0. The Labute approximate surface area is 197 Å². The highest BCUT2D eigenvalue weighted by atomic mass is 127. The van der Waals surface area contributed by atoms with E-state index in [1.54, 1.807) is 6.92 Å². The molecule has 3 N–H and O–H groups in total. The van der Waals surface area contributed by atoms with Crippen molar-refractivity contribution >= 4 is 29.9 Å². The predicted molar refractivity (Wildman–Crippen MR) is 132 cm³/mol. The number of aliphatic hydroxyl groups is 1. The predicted octanol–water partition coefficient (Wildman–Crippen LogP) is 3.81. The van der Waals surface area contributed by atoms with E-state index in [-0.39, 0.29) is 36.6 Å². The standard InChI is InChI=1S/C23H34N4O2.HI/c1-4-24-22(26-17-23(3,28)19-10-6-5-7-11-19)25-16-20(27-14-8-9-15-27)21-13-12-18(2)29-21;/h5-7,10-13,20,28H,4,8-9,14-17H2,1-3H3,(H2,24,25,26);1H. The van der Waals surface area contributed by atoms with Crippen molar-refractivity contribution in [3.63, 3.8) is 0 Å². The third-order valence-electron chi connectivity index (χ3n) is 5.42. The van der Waals surface area contributed by atoms with E-state index in [1.165, 1.54) is 12.8 Å². The van der Waals surface area contributed by atoms with Crippen LogP contribution in [-0.4, -0.2) is 48.7 Å². The van der Waals surface area contributed by atoms with Gasteiger partial charge in [0, 0.05) is 13.1 Å². The number of likely N-dealkylation sites (tertiary alicyclic amines) is 1. The average molecular weight is 526 g/mol. The molecule has 166 valence electrons. The smallest absolute Gasteiger partial charge is 0.191 e. The number of hydrogen-bond acceptors (Lipinski definition) is 4. The first-order valence-electron chi connectivity index (χ1n) is 10.6. The lowest BCUT2D eigenvalue weighted by Gasteiger charge is -2.27. The molecular formula is C23H35IN4O2. The molecule has 1 saturated heterocycles. The number of benzene rings is 1. The summed E-state index contributed by atoms with van der Waals surface area (Å²) in [4.78, 5) is 7.12. The second-order valence-electron chi connectivity index (χ2n) is 7.92. The Balaban J connectivity index is 0.00000320. The van der Waals surface area contributed by atoms with E-state index in [2.05, 4.69) is 26.6 Å². The molecule has 6 nitrogen and oxygen atoms in total. The molecule has 0 aliphatic carbocycles. The summed E-state index contributed by atoms with van der Waals surface area (Å²) in [5.41, 5.74) is -0.156. The SMILES string of the molecule is CCNC(=NCC(C)(O)c1ccccc1)NCC(c1ccc(C)o1)N1CCCC1.I. The lowest BCUT2D eigenvalue weighted by molar-refractivity contribution is 0.0672. The average Bonchev–Trinajstić information content (AvgIpc) is 3.39. The minimum absolute atomic E-state index is 0. The van der Waals surface area contributed by atoms with Gasteiger partial charge in [0.1, 0.15) is 17.1 Å². The number of guanidine groups is 1. The van der Waals surface area contributed by atoms with Crippen molar-refractivity contribution in [2.24, 2.45) is 4.99 Å². The molecule has 0 saturated carbocycles. The molecule has 1 aliphatic rings. The number of halogens is 1. The Morgan fingerprint density at radius 2 is 1.87 bits per heavy atom. The maximum absolute atomic E-state index is 10.8. The molecule has 1 aliphatic heterocycles. The summed E-state index contributed by atoms with van der Waals surface area (Å²) in [6.07, 6.45) is 2.45. The van der Waals surface area contributed by atoms with Crippen molar-refractivity contribution in [3.05, 3.63) is 59.5 Å². The van der Waals surface area contributed by atoms with Crippen LogP contribution < -0.4 is 10.6 Å². The van der Waals surface area contributed by atoms with Gasteiger partial charge in [-0.15, -0.1) is 24.0 Å². The van der Waals surface area contributed by atoms with Crippen LogP contribution in [0.1, 0.15) is 49.8 Å². The fraction of sp³-hybridized carbons (Fsp3) is 0.522. The van der Waals surface area contributed by atoms with Crippen molar-refractivity contribution in [1.29, 1.82) is 0 Å². The molecule has 0 bridgehead atoms. The van der Waals surface area contributed by atoms with Crippen LogP contribution in [0, 0.1) is 6.92 Å². The second kappa shape index (κ2) is 11.7. The van der Waals surface area contributed by atoms with Gasteiger partial charge in [-0.25, -0.2) is 4.99 Å². The van der Waals surface area contributed by atoms with Gasteiger partial charge < -0.3 is 20.2 Å². The Kier molecular flexibility index (Phi) is 9.64. The summed E-state index contributed by atoms with van der Waals surface area (Å²) in [5.74, 6) is 2.63. The lowest BCUT2D eigenvalue weighted by Crippen LogP contribution is -2.43. The van der Waals surface area contributed by atoms with Gasteiger partial charge in [0.15, 0.2) is 5.96 Å². The van der Waals surface area contributed by atoms with Crippen LogP contribution in [0.2, 0.25) is 0 Å². The van der Waals surface area contributed by atoms with Crippen molar-refractivity contribution in [3.8, 4) is 0 Å². The van der Waals surface area contributed by atoms with Gasteiger partial charge in [0.2, 0.25) is 0 Å². The number of aliphatic imine (C=N–C) groups is 1. The van der Waals surface area contributed by atoms with Gasteiger partial charge in [-0.3, -0.25) is 4.90 Å². The van der Waals surface area contributed by atoms with Crippen LogP contribution in [-0.2, 0) is 5.60 Å². The first-order valence-corrected chi connectivity index (χ1v) is 10.6.